The predicted octanol–water partition coefficient (Wildman–Crippen LogP) is 2.49. The lowest BCUT2D eigenvalue weighted by Gasteiger charge is -2.14. The van der Waals surface area contributed by atoms with Crippen LogP contribution < -0.4 is 14.2 Å². The first-order chi connectivity index (χ1) is 16.5. The van der Waals surface area contributed by atoms with Crippen LogP contribution in [0.5, 0.6) is 11.5 Å². The van der Waals surface area contributed by atoms with Crippen LogP contribution in [-0.2, 0) is 26.9 Å². The van der Waals surface area contributed by atoms with Crippen molar-refractivity contribution in [2.45, 2.75) is 16.7 Å². The van der Waals surface area contributed by atoms with Crippen molar-refractivity contribution in [3.63, 3.8) is 0 Å². The zero-order valence-corrected chi connectivity index (χ0v) is 20.8. The fourth-order valence-electron chi connectivity index (χ4n) is 3.51. The van der Waals surface area contributed by atoms with Crippen LogP contribution in [0.2, 0.25) is 0 Å². The molecule has 0 saturated carbocycles. The van der Waals surface area contributed by atoms with Crippen molar-refractivity contribution >= 4 is 31.2 Å². The van der Waals surface area contributed by atoms with Crippen molar-refractivity contribution in [1.29, 1.82) is 0 Å². The molecule has 0 unspecified atom stereocenters. The number of sulfonamides is 1. The van der Waals surface area contributed by atoms with Crippen LogP contribution in [0.15, 0.2) is 52.8 Å². The minimum Gasteiger partial charge on any atom is -0.495 e. The monoisotopic (exact) mass is 523 g/mol. The number of halogens is 1. The molecule has 11 nitrogen and oxygen atoms in total. The number of aryl methyl sites for hydroxylation is 1. The quantitative estimate of drug-likeness (QED) is 0.372. The highest BCUT2D eigenvalue weighted by molar-refractivity contribution is 7.92. The van der Waals surface area contributed by atoms with E-state index in [0.29, 0.717) is 11.3 Å². The van der Waals surface area contributed by atoms with Crippen LogP contribution in [0.4, 0.5) is 10.1 Å². The maximum absolute atomic E-state index is 15.0. The average molecular weight is 524 g/mol. The Balaban J connectivity index is 1.89. The van der Waals surface area contributed by atoms with E-state index < -0.39 is 25.7 Å². The first kappa shape index (κ1) is 24.5. The van der Waals surface area contributed by atoms with E-state index in [4.69, 9.17) is 9.47 Å². The highest BCUT2D eigenvalue weighted by Gasteiger charge is 2.24. The highest BCUT2D eigenvalue weighted by Crippen LogP contribution is 2.36. The minimum absolute atomic E-state index is 0.0549. The summed E-state index contributed by atoms with van der Waals surface area (Å²) in [6.45, 7) is 1.51. The molecule has 35 heavy (non-hydrogen) atoms. The molecule has 0 atom stereocenters. The summed E-state index contributed by atoms with van der Waals surface area (Å²) in [7, 11) is -3.64. The summed E-state index contributed by atoms with van der Waals surface area (Å²) in [6.07, 6.45) is 5.21. The second-order valence-corrected chi connectivity index (χ2v) is 11.4. The van der Waals surface area contributed by atoms with E-state index in [1.807, 2.05) is 0 Å². The number of aromatic nitrogens is 4. The van der Waals surface area contributed by atoms with Gasteiger partial charge in [-0.05, 0) is 12.1 Å². The Bertz CT molecular complexity index is 1640. The van der Waals surface area contributed by atoms with Gasteiger partial charge in [-0.15, -0.1) is 0 Å². The van der Waals surface area contributed by atoms with Crippen molar-refractivity contribution in [1.82, 2.24) is 19.2 Å². The number of hydrogen-bond donors (Lipinski definition) is 1. The average Bonchev–Trinajstić information content (AvgIpc) is 3.44. The molecule has 0 radical (unpaired) electrons. The fourth-order valence-corrected chi connectivity index (χ4v) is 5.58. The third-order valence-electron chi connectivity index (χ3n) is 5.29. The number of benzene rings is 1. The number of anilines is 1. The first-order valence-corrected chi connectivity index (χ1v) is 13.3. The molecule has 0 aliphatic heterocycles. The maximum atomic E-state index is 15.0. The Morgan fingerprint density at radius 3 is 2.40 bits per heavy atom. The number of pyridine rings is 1. The molecule has 0 aliphatic rings. The Morgan fingerprint density at radius 1 is 1.06 bits per heavy atom. The summed E-state index contributed by atoms with van der Waals surface area (Å²) in [5.74, 6) is -1.18. The largest absolute Gasteiger partial charge is 0.495 e. The van der Waals surface area contributed by atoms with Gasteiger partial charge in [0.1, 0.15) is 21.2 Å². The molecule has 0 fully saturated rings. The number of ether oxygens (including phenoxy) is 2. The Morgan fingerprint density at radius 2 is 1.80 bits per heavy atom. The topological polar surface area (TPSA) is 134 Å². The van der Waals surface area contributed by atoms with Gasteiger partial charge < -0.3 is 9.47 Å². The lowest BCUT2D eigenvalue weighted by atomic mass is 10.1. The van der Waals surface area contributed by atoms with Gasteiger partial charge in [-0.2, -0.15) is 5.10 Å². The summed E-state index contributed by atoms with van der Waals surface area (Å²) >= 11 is 0. The van der Waals surface area contributed by atoms with Gasteiger partial charge >= 0.3 is 0 Å². The summed E-state index contributed by atoms with van der Waals surface area (Å²) in [6, 6.07) is 3.97. The molecular weight excluding hydrogens is 501 g/mol. The van der Waals surface area contributed by atoms with Gasteiger partial charge in [-0.3, -0.25) is 13.8 Å². The lowest BCUT2D eigenvalue weighted by molar-refractivity contribution is 0.389. The van der Waals surface area contributed by atoms with Crippen molar-refractivity contribution in [2.75, 3.05) is 24.7 Å². The van der Waals surface area contributed by atoms with Gasteiger partial charge in [0.05, 0.1) is 43.7 Å². The number of nitrogens with zero attached hydrogens (tertiary/aromatic N) is 4. The number of hydrogen-bond acceptors (Lipinski definition) is 8. The van der Waals surface area contributed by atoms with Gasteiger partial charge in [0, 0.05) is 31.1 Å². The molecule has 0 amide bonds. The van der Waals surface area contributed by atoms with E-state index in [-0.39, 0.29) is 38.3 Å². The number of methoxy groups -OCH3 is 2. The lowest BCUT2D eigenvalue weighted by Crippen LogP contribution is -2.14. The van der Waals surface area contributed by atoms with Crippen LogP contribution in [0.3, 0.4) is 0 Å². The minimum atomic E-state index is -4.11. The van der Waals surface area contributed by atoms with Gasteiger partial charge in [0.2, 0.25) is 0 Å². The van der Waals surface area contributed by atoms with Crippen molar-refractivity contribution in [2.24, 2.45) is 7.05 Å². The van der Waals surface area contributed by atoms with Crippen LogP contribution >= 0.6 is 0 Å². The molecule has 4 aromatic rings. The maximum Gasteiger partial charge on any atom is 0.265 e. The van der Waals surface area contributed by atoms with Crippen molar-refractivity contribution in [3.8, 4) is 22.8 Å². The van der Waals surface area contributed by atoms with E-state index in [0.717, 1.165) is 12.3 Å². The Kier molecular flexibility index (Phi) is 6.19. The summed E-state index contributed by atoms with van der Waals surface area (Å²) in [5, 5.41) is 3.85. The predicted molar refractivity (Wildman–Crippen MR) is 125 cm³/mol. The molecule has 0 spiro atoms. The molecule has 0 aliphatic carbocycles. The van der Waals surface area contributed by atoms with E-state index in [1.54, 1.807) is 7.05 Å². The second kappa shape index (κ2) is 8.85. The van der Waals surface area contributed by atoms with Gasteiger partial charge in [-0.25, -0.2) is 26.2 Å². The standard InChI is InChI=1S/C21H22FN5O6S2/c1-5-34(28,29)19-12-27-17(10-23-20(27)8-18(19)32-3)13-6-15(22)21(33-4)16(7-13)25-35(30,31)14-9-24-26(2)11-14/h6-12,25H,5H2,1-4H3. The Hall–Kier alpha value is -3.65. The van der Waals surface area contributed by atoms with E-state index in [9.17, 15) is 16.8 Å². The number of nitrogens with one attached hydrogen (secondary N) is 1. The smallest absolute Gasteiger partial charge is 0.265 e. The molecule has 1 N–H and O–H groups in total. The summed E-state index contributed by atoms with van der Waals surface area (Å²) in [5.41, 5.74) is 0.736. The fraction of sp³-hybridized carbons (Fsp3) is 0.238. The SMILES string of the molecule is CCS(=O)(=O)c1cn2c(-c3cc(F)c(OC)c(NS(=O)(=O)c4cnn(C)c4)c3)cnc2cc1OC. The third-order valence-corrected chi connectivity index (χ3v) is 8.35. The first-order valence-electron chi connectivity index (χ1n) is 10.2. The molecule has 3 aromatic heterocycles. The molecule has 3 heterocycles. The number of sulfone groups is 1. The zero-order valence-electron chi connectivity index (χ0n) is 19.2. The molecule has 1 aromatic carbocycles. The van der Waals surface area contributed by atoms with Gasteiger partial charge in [0.25, 0.3) is 10.0 Å². The van der Waals surface area contributed by atoms with E-state index in [2.05, 4.69) is 14.8 Å². The molecular formula is C21H22FN5O6S2. The van der Waals surface area contributed by atoms with Crippen LogP contribution in [0.25, 0.3) is 16.9 Å². The third kappa shape index (κ3) is 4.41. The van der Waals surface area contributed by atoms with Crippen LogP contribution in [0.1, 0.15) is 6.92 Å². The normalized spacial score (nSPS) is 12.1. The summed E-state index contributed by atoms with van der Waals surface area (Å²) in [4.78, 5) is 4.09. The van der Waals surface area contributed by atoms with E-state index >= 15 is 4.39 Å². The van der Waals surface area contributed by atoms with Crippen molar-refractivity contribution in [3.05, 3.63) is 48.8 Å². The van der Waals surface area contributed by atoms with Crippen LogP contribution in [-0.4, -0.2) is 56.0 Å². The van der Waals surface area contributed by atoms with Gasteiger partial charge in [0.15, 0.2) is 21.4 Å². The number of imidazole rings is 1. The number of rotatable bonds is 8. The van der Waals surface area contributed by atoms with Crippen molar-refractivity contribution < 1.29 is 30.7 Å². The highest BCUT2D eigenvalue weighted by atomic mass is 32.2. The molecule has 0 saturated heterocycles. The number of fused-ring (bicyclic) bond motifs is 1. The second-order valence-electron chi connectivity index (χ2n) is 7.48. The molecule has 4 rings (SSSR count). The van der Waals surface area contributed by atoms with Gasteiger partial charge in [-0.1, -0.05) is 6.92 Å². The summed E-state index contributed by atoms with van der Waals surface area (Å²) < 4.78 is 81.3. The zero-order chi connectivity index (χ0) is 25.5. The van der Waals surface area contributed by atoms with Crippen LogP contribution in [0, 0.1) is 5.82 Å². The molecule has 0 bridgehead atoms. The molecule has 186 valence electrons. The van der Waals surface area contributed by atoms with E-state index in [1.165, 1.54) is 60.9 Å². The molecule has 14 heteroatoms. The Labute approximate surface area is 201 Å².